The normalized spacial score (nSPS) is 11.4. The third-order valence-corrected chi connectivity index (χ3v) is 4.18. The first-order chi connectivity index (χ1) is 9.61. The fourth-order valence-corrected chi connectivity index (χ4v) is 3.03. The van der Waals surface area contributed by atoms with E-state index in [1.54, 1.807) is 24.5 Å². The molecule has 0 fully saturated rings. The van der Waals surface area contributed by atoms with Gasteiger partial charge in [0.2, 0.25) is 10.0 Å². The largest absolute Gasteiger partial charge is 0.326 e. The van der Waals surface area contributed by atoms with Gasteiger partial charge in [-0.05, 0) is 22.8 Å². The number of nitrogens with one attached hydrogen (secondary N) is 1. The van der Waals surface area contributed by atoms with Crippen LogP contribution in [0.5, 0.6) is 0 Å². The Balaban J connectivity index is 2.04. The second-order valence-electron chi connectivity index (χ2n) is 4.41. The fourth-order valence-electron chi connectivity index (χ4n) is 1.85. The second-order valence-corrected chi connectivity index (χ2v) is 6.22. The van der Waals surface area contributed by atoms with E-state index in [0.29, 0.717) is 6.54 Å². The van der Waals surface area contributed by atoms with Crippen LogP contribution in [0.25, 0.3) is 0 Å². The number of hydrogen-bond acceptors (Lipinski definition) is 4. The zero-order chi connectivity index (χ0) is 14.4. The summed E-state index contributed by atoms with van der Waals surface area (Å²) < 4.78 is 26.7. The Morgan fingerprint density at radius 1 is 1.10 bits per heavy atom. The van der Waals surface area contributed by atoms with Crippen molar-refractivity contribution < 1.29 is 8.42 Å². The maximum Gasteiger partial charge on any atom is 0.216 e. The van der Waals surface area contributed by atoms with E-state index in [-0.39, 0.29) is 12.3 Å². The van der Waals surface area contributed by atoms with Crippen LogP contribution >= 0.6 is 0 Å². The van der Waals surface area contributed by atoms with Crippen molar-refractivity contribution in [2.45, 2.75) is 18.8 Å². The molecule has 1 aromatic heterocycles. The van der Waals surface area contributed by atoms with Crippen molar-refractivity contribution in [3.8, 4) is 0 Å². The number of nitrogens with two attached hydrogens (primary N) is 1. The van der Waals surface area contributed by atoms with E-state index in [9.17, 15) is 8.42 Å². The van der Waals surface area contributed by atoms with E-state index in [1.165, 1.54) is 0 Å². The standard InChI is InChI=1S/C14H17N3O2S/c15-8-13-5-1-2-6-14(13)11-20(18,19)17-10-12-4-3-7-16-9-12/h1-7,9,17H,8,10-11,15H2. The van der Waals surface area contributed by atoms with Crippen LogP contribution in [0, 0.1) is 0 Å². The molecule has 1 heterocycles. The highest BCUT2D eigenvalue weighted by molar-refractivity contribution is 7.88. The number of nitrogens with zero attached hydrogens (tertiary/aromatic N) is 1. The van der Waals surface area contributed by atoms with Gasteiger partial charge in [-0.3, -0.25) is 4.98 Å². The SMILES string of the molecule is NCc1ccccc1CS(=O)(=O)NCc1cccnc1. The van der Waals surface area contributed by atoms with Crippen molar-refractivity contribution in [3.05, 3.63) is 65.5 Å². The average molecular weight is 291 g/mol. The minimum absolute atomic E-state index is 0.0688. The topological polar surface area (TPSA) is 85.1 Å². The van der Waals surface area contributed by atoms with Crippen LogP contribution in [0.3, 0.4) is 0 Å². The van der Waals surface area contributed by atoms with Crippen molar-refractivity contribution in [3.63, 3.8) is 0 Å². The monoisotopic (exact) mass is 291 g/mol. The molecule has 0 spiro atoms. The minimum atomic E-state index is -3.40. The summed E-state index contributed by atoms with van der Waals surface area (Å²) >= 11 is 0. The van der Waals surface area contributed by atoms with Crippen LogP contribution in [0.2, 0.25) is 0 Å². The molecule has 0 aliphatic carbocycles. The highest BCUT2D eigenvalue weighted by atomic mass is 32.2. The van der Waals surface area contributed by atoms with Crippen LogP contribution in [0.1, 0.15) is 16.7 Å². The number of sulfonamides is 1. The molecule has 0 amide bonds. The van der Waals surface area contributed by atoms with Gasteiger partial charge >= 0.3 is 0 Å². The molecule has 0 aliphatic heterocycles. The molecule has 0 bridgehead atoms. The molecule has 2 rings (SSSR count). The lowest BCUT2D eigenvalue weighted by molar-refractivity contribution is 0.580. The van der Waals surface area contributed by atoms with Gasteiger partial charge in [-0.25, -0.2) is 13.1 Å². The summed E-state index contributed by atoms with van der Waals surface area (Å²) in [5.41, 5.74) is 8.01. The van der Waals surface area contributed by atoms with E-state index in [0.717, 1.165) is 16.7 Å². The molecule has 3 N–H and O–H groups in total. The smallest absolute Gasteiger partial charge is 0.216 e. The van der Waals surface area contributed by atoms with E-state index < -0.39 is 10.0 Å². The van der Waals surface area contributed by atoms with Gasteiger partial charge < -0.3 is 5.73 Å². The summed E-state index contributed by atoms with van der Waals surface area (Å²) in [4.78, 5) is 3.95. The summed E-state index contributed by atoms with van der Waals surface area (Å²) in [6.45, 7) is 0.565. The van der Waals surface area contributed by atoms with Gasteiger partial charge in [-0.2, -0.15) is 0 Å². The first-order valence-corrected chi connectivity index (χ1v) is 7.89. The molecule has 0 saturated heterocycles. The van der Waals surface area contributed by atoms with E-state index in [1.807, 2.05) is 24.3 Å². The van der Waals surface area contributed by atoms with Gasteiger partial charge in [0, 0.05) is 25.5 Å². The lowest BCUT2D eigenvalue weighted by atomic mass is 10.1. The highest BCUT2D eigenvalue weighted by Gasteiger charge is 2.13. The fraction of sp³-hybridized carbons (Fsp3) is 0.214. The molecule has 0 atom stereocenters. The number of pyridine rings is 1. The predicted octanol–water partition coefficient (Wildman–Crippen LogP) is 1.16. The van der Waals surface area contributed by atoms with Crippen molar-refractivity contribution in [2.24, 2.45) is 5.73 Å². The van der Waals surface area contributed by atoms with Gasteiger partial charge in [-0.1, -0.05) is 30.3 Å². The lowest BCUT2D eigenvalue weighted by Gasteiger charge is -2.09. The Morgan fingerprint density at radius 3 is 2.50 bits per heavy atom. The molecule has 106 valence electrons. The van der Waals surface area contributed by atoms with Crippen molar-refractivity contribution in [2.75, 3.05) is 0 Å². The van der Waals surface area contributed by atoms with Gasteiger partial charge in [0.25, 0.3) is 0 Å². The van der Waals surface area contributed by atoms with Crippen LogP contribution in [-0.4, -0.2) is 13.4 Å². The summed E-state index contributed by atoms with van der Waals surface area (Å²) in [5.74, 6) is -0.0688. The number of hydrogen-bond donors (Lipinski definition) is 2. The first-order valence-electron chi connectivity index (χ1n) is 6.24. The molecule has 0 unspecified atom stereocenters. The van der Waals surface area contributed by atoms with E-state index >= 15 is 0 Å². The Morgan fingerprint density at radius 2 is 1.85 bits per heavy atom. The van der Waals surface area contributed by atoms with Crippen molar-refractivity contribution in [1.82, 2.24) is 9.71 Å². The second kappa shape index (κ2) is 6.60. The van der Waals surface area contributed by atoms with Gasteiger partial charge in [0.1, 0.15) is 0 Å². The Hall–Kier alpha value is -1.76. The van der Waals surface area contributed by atoms with Crippen LogP contribution in [0.15, 0.2) is 48.8 Å². The van der Waals surface area contributed by atoms with Gasteiger partial charge in [0.15, 0.2) is 0 Å². The molecule has 6 heteroatoms. The van der Waals surface area contributed by atoms with Crippen molar-refractivity contribution >= 4 is 10.0 Å². The van der Waals surface area contributed by atoms with Crippen LogP contribution < -0.4 is 10.5 Å². The first kappa shape index (κ1) is 14.6. The third-order valence-electron chi connectivity index (χ3n) is 2.90. The summed E-state index contributed by atoms with van der Waals surface area (Å²) in [7, 11) is -3.40. The van der Waals surface area contributed by atoms with Gasteiger partial charge in [0.05, 0.1) is 5.75 Å². The molecule has 2 aromatic rings. The summed E-state index contributed by atoms with van der Waals surface area (Å²) in [5, 5.41) is 0. The van der Waals surface area contributed by atoms with E-state index in [4.69, 9.17) is 5.73 Å². The maximum atomic E-state index is 12.1. The molecule has 1 aromatic carbocycles. The number of benzene rings is 1. The lowest BCUT2D eigenvalue weighted by Crippen LogP contribution is -2.25. The molecule has 0 radical (unpaired) electrons. The summed E-state index contributed by atoms with van der Waals surface area (Å²) in [6, 6.07) is 10.9. The molecule has 0 aliphatic rings. The molecule has 20 heavy (non-hydrogen) atoms. The third kappa shape index (κ3) is 4.12. The molecule has 0 saturated carbocycles. The Bertz CT molecular complexity index is 657. The van der Waals surface area contributed by atoms with Crippen molar-refractivity contribution in [1.29, 1.82) is 0 Å². The van der Waals surface area contributed by atoms with E-state index in [2.05, 4.69) is 9.71 Å². The molecular weight excluding hydrogens is 274 g/mol. The summed E-state index contributed by atoms with van der Waals surface area (Å²) in [6.07, 6.45) is 3.28. The predicted molar refractivity (Wildman–Crippen MR) is 78.0 cm³/mol. The van der Waals surface area contributed by atoms with Gasteiger partial charge in [-0.15, -0.1) is 0 Å². The van der Waals surface area contributed by atoms with Crippen LogP contribution in [-0.2, 0) is 28.9 Å². The Kier molecular flexibility index (Phi) is 4.84. The zero-order valence-corrected chi connectivity index (χ0v) is 11.8. The number of rotatable bonds is 6. The maximum absolute atomic E-state index is 12.1. The average Bonchev–Trinajstić information content (AvgIpc) is 2.47. The molecular formula is C14H17N3O2S. The number of aromatic nitrogens is 1. The quantitative estimate of drug-likeness (QED) is 0.836. The minimum Gasteiger partial charge on any atom is -0.326 e. The highest BCUT2D eigenvalue weighted by Crippen LogP contribution is 2.11. The Labute approximate surface area is 118 Å². The van der Waals surface area contributed by atoms with Crippen LogP contribution in [0.4, 0.5) is 0 Å². The zero-order valence-electron chi connectivity index (χ0n) is 11.0. The molecule has 5 nitrogen and oxygen atoms in total.